The minimum Gasteiger partial charge on any atom is -0.383 e. The second-order valence-electron chi connectivity index (χ2n) is 4.43. The van der Waals surface area contributed by atoms with E-state index in [0.717, 1.165) is 26.2 Å². The summed E-state index contributed by atoms with van der Waals surface area (Å²) in [6.07, 6.45) is 0. The number of piperazine rings is 1. The molecular formula is C11H25N3O. The third-order valence-corrected chi connectivity index (χ3v) is 3.18. The van der Waals surface area contributed by atoms with Gasteiger partial charge in [0.05, 0.1) is 6.61 Å². The van der Waals surface area contributed by atoms with Gasteiger partial charge in [-0.15, -0.1) is 0 Å². The highest BCUT2D eigenvalue weighted by Gasteiger charge is 2.29. The third kappa shape index (κ3) is 3.72. The molecule has 1 aliphatic heterocycles. The number of rotatable bonds is 5. The Bertz CT molecular complexity index is 171. The van der Waals surface area contributed by atoms with E-state index in [1.165, 1.54) is 6.54 Å². The van der Waals surface area contributed by atoms with E-state index in [1.54, 1.807) is 7.11 Å². The van der Waals surface area contributed by atoms with E-state index in [-0.39, 0.29) is 0 Å². The van der Waals surface area contributed by atoms with Crippen molar-refractivity contribution in [3.63, 3.8) is 0 Å². The number of nitrogens with one attached hydrogen (secondary N) is 1. The Morgan fingerprint density at radius 2 is 2.13 bits per heavy atom. The number of methoxy groups -OCH3 is 1. The molecule has 4 nitrogen and oxygen atoms in total. The van der Waals surface area contributed by atoms with Crippen molar-refractivity contribution < 1.29 is 4.74 Å². The summed E-state index contributed by atoms with van der Waals surface area (Å²) in [6.45, 7) is 7.37. The maximum absolute atomic E-state index is 5.29. The number of likely N-dealkylation sites (N-methyl/N-ethyl adjacent to an activating group) is 3. The topological polar surface area (TPSA) is 27.7 Å². The SMILES string of the molecule is CCNC(COC)C1CN(C)CCN1C. The molecule has 0 aromatic heterocycles. The Morgan fingerprint density at radius 3 is 2.73 bits per heavy atom. The van der Waals surface area contributed by atoms with Crippen LogP contribution in [0.3, 0.4) is 0 Å². The Kier molecular flexibility index (Phi) is 5.53. The van der Waals surface area contributed by atoms with Crippen LogP contribution in [0.15, 0.2) is 0 Å². The summed E-state index contributed by atoms with van der Waals surface area (Å²) in [5.41, 5.74) is 0. The maximum atomic E-state index is 5.29. The van der Waals surface area contributed by atoms with Gasteiger partial charge in [-0.2, -0.15) is 0 Å². The van der Waals surface area contributed by atoms with Gasteiger partial charge < -0.3 is 15.0 Å². The summed E-state index contributed by atoms with van der Waals surface area (Å²) >= 11 is 0. The van der Waals surface area contributed by atoms with E-state index in [2.05, 4.69) is 36.1 Å². The molecular weight excluding hydrogens is 190 g/mol. The first-order valence-electron chi connectivity index (χ1n) is 5.80. The average molecular weight is 215 g/mol. The van der Waals surface area contributed by atoms with Crippen LogP contribution < -0.4 is 5.32 Å². The van der Waals surface area contributed by atoms with Crippen molar-refractivity contribution in [2.24, 2.45) is 0 Å². The van der Waals surface area contributed by atoms with Crippen LogP contribution in [0, 0.1) is 0 Å². The Labute approximate surface area is 93.6 Å². The Hall–Kier alpha value is -0.160. The fourth-order valence-electron chi connectivity index (χ4n) is 2.23. The Morgan fingerprint density at radius 1 is 1.40 bits per heavy atom. The van der Waals surface area contributed by atoms with Crippen LogP contribution in [-0.4, -0.2) is 75.9 Å². The van der Waals surface area contributed by atoms with Crippen LogP contribution in [0.25, 0.3) is 0 Å². The van der Waals surface area contributed by atoms with E-state index < -0.39 is 0 Å². The highest BCUT2D eigenvalue weighted by Crippen LogP contribution is 2.10. The average Bonchev–Trinajstić information content (AvgIpc) is 2.21. The molecule has 90 valence electrons. The van der Waals surface area contributed by atoms with Gasteiger partial charge in [0.2, 0.25) is 0 Å². The van der Waals surface area contributed by atoms with Gasteiger partial charge in [-0.05, 0) is 20.6 Å². The normalized spacial score (nSPS) is 26.8. The molecule has 0 spiro atoms. The van der Waals surface area contributed by atoms with E-state index in [9.17, 15) is 0 Å². The maximum Gasteiger partial charge on any atom is 0.0631 e. The zero-order valence-electron chi connectivity index (χ0n) is 10.5. The van der Waals surface area contributed by atoms with Gasteiger partial charge in [0.1, 0.15) is 0 Å². The molecule has 2 unspecified atom stereocenters. The van der Waals surface area contributed by atoms with Crippen LogP contribution >= 0.6 is 0 Å². The van der Waals surface area contributed by atoms with Gasteiger partial charge >= 0.3 is 0 Å². The molecule has 1 saturated heterocycles. The molecule has 1 N–H and O–H groups in total. The van der Waals surface area contributed by atoms with E-state index in [4.69, 9.17) is 4.74 Å². The highest BCUT2D eigenvalue weighted by molar-refractivity contribution is 4.88. The largest absolute Gasteiger partial charge is 0.383 e. The standard InChI is InChI=1S/C11H25N3O/c1-5-12-10(9-15-4)11-8-13(2)6-7-14(11)3/h10-12H,5-9H2,1-4H3. The van der Waals surface area contributed by atoms with Crippen molar-refractivity contribution in [2.75, 3.05) is 54.0 Å². The number of nitrogens with zero attached hydrogens (tertiary/aromatic N) is 2. The molecule has 2 atom stereocenters. The van der Waals surface area contributed by atoms with Crippen LogP contribution in [-0.2, 0) is 4.74 Å². The minimum atomic E-state index is 0.438. The lowest BCUT2D eigenvalue weighted by atomic mass is 10.0. The molecule has 0 aromatic carbocycles. The smallest absolute Gasteiger partial charge is 0.0631 e. The van der Waals surface area contributed by atoms with Crippen molar-refractivity contribution in [2.45, 2.75) is 19.0 Å². The molecule has 0 saturated carbocycles. The molecule has 1 heterocycles. The molecule has 1 fully saturated rings. The van der Waals surface area contributed by atoms with Crippen LogP contribution in [0.2, 0.25) is 0 Å². The van der Waals surface area contributed by atoms with Gasteiger partial charge in [0.25, 0.3) is 0 Å². The van der Waals surface area contributed by atoms with Crippen LogP contribution in [0.4, 0.5) is 0 Å². The lowest BCUT2D eigenvalue weighted by molar-refractivity contribution is 0.0556. The minimum absolute atomic E-state index is 0.438. The summed E-state index contributed by atoms with van der Waals surface area (Å²) in [6, 6.07) is 0.997. The molecule has 1 aliphatic rings. The lowest BCUT2D eigenvalue weighted by Crippen LogP contribution is -2.59. The molecule has 0 bridgehead atoms. The first kappa shape index (κ1) is 12.9. The van der Waals surface area contributed by atoms with Gasteiger partial charge in [-0.1, -0.05) is 6.92 Å². The Balaban J connectivity index is 2.54. The van der Waals surface area contributed by atoms with Crippen LogP contribution in [0.1, 0.15) is 6.92 Å². The molecule has 0 aromatic rings. The predicted molar refractivity (Wildman–Crippen MR) is 63.3 cm³/mol. The van der Waals surface area contributed by atoms with Gasteiger partial charge in [0, 0.05) is 38.8 Å². The summed E-state index contributed by atoms with van der Waals surface area (Å²) in [7, 11) is 6.17. The van der Waals surface area contributed by atoms with E-state index >= 15 is 0 Å². The molecule has 0 aliphatic carbocycles. The fraction of sp³-hybridized carbons (Fsp3) is 1.00. The molecule has 0 radical (unpaired) electrons. The molecule has 15 heavy (non-hydrogen) atoms. The quantitative estimate of drug-likeness (QED) is 0.691. The zero-order chi connectivity index (χ0) is 11.3. The molecule has 0 amide bonds. The predicted octanol–water partition coefficient (Wildman–Crippen LogP) is -0.143. The number of hydrogen-bond donors (Lipinski definition) is 1. The first-order chi connectivity index (χ1) is 7.19. The fourth-order valence-corrected chi connectivity index (χ4v) is 2.23. The molecule has 4 heteroatoms. The highest BCUT2D eigenvalue weighted by atomic mass is 16.5. The second-order valence-corrected chi connectivity index (χ2v) is 4.43. The van der Waals surface area contributed by atoms with Crippen molar-refractivity contribution in [3.05, 3.63) is 0 Å². The van der Waals surface area contributed by atoms with Crippen LogP contribution in [0.5, 0.6) is 0 Å². The van der Waals surface area contributed by atoms with Gasteiger partial charge in [-0.25, -0.2) is 0 Å². The van der Waals surface area contributed by atoms with E-state index in [1.807, 2.05) is 0 Å². The summed E-state index contributed by atoms with van der Waals surface area (Å²) in [4.78, 5) is 4.83. The van der Waals surface area contributed by atoms with Crippen molar-refractivity contribution in [3.8, 4) is 0 Å². The zero-order valence-corrected chi connectivity index (χ0v) is 10.5. The monoisotopic (exact) mass is 215 g/mol. The summed E-state index contributed by atoms with van der Waals surface area (Å²) < 4.78 is 5.29. The van der Waals surface area contributed by atoms with E-state index in [0.29, 0.717) is 12.1 Å². The van der Waals surface area contributed by atoms with Crippen molar-refractivity contribution >= 4 is 0 Å². The van der Waals surface area contributed by atoms with Gasteiger partial charge in [0.15, 0.2) is 0 Å². The van der Waals surface area contributed by atoms with Crippen molar-refractivity contribution in [1.29, 1.82) is 0 Å². The number of ether oxygens (including phenoxy) is 1. The summed E-state index contributed by atoms with van der Waals surface area (Å²) in [5.74, 6) is 0. The molecule has 1 rings (SSSR count). The second kappa shape index (κ2) is 6.43. The first-order valence-corrected chi connectivity index (χ1v) is 5.80. The number of hydrogen-bond acceptors (Lipinski definition) is 4. The van der Waals surface area contributed by atoms with Gasteiger partial charge in [-0.3, -0.25) is 4.90 Å². The summed E-state index contributed by atoms with van der Waals surface area (Å²) in [5, 5.41) is 3.51. The third-order valence-electron chi connectivity index (χ3n) is 3.18. The van der Waals surface area contributed by atoms with Crippen molar-refractivity contribution in [1.82, 2.24) is 15.1 Å². The lowest BCUT2D eigenvalue weighted by Gasteiger charge is -2.42.